The Bertz CT molecular complexity index is 2070. The summed E-state index contributed by atoms with van der Waals surface area (Å²) >= 11 is 2.52. The van der Waals surface area contributed by atoms with E-state index in [0.29, 0.717) is 50.3 Å². The second-order valence-electron chi connectivity index (χ2n) is 10.6. The third-order valence-corrected chi connectivity index (χ3v) is 9.28. The lowest BCUT2D eigenvalue weighted by Gasteiger charge is -2.15. The van der Waals surface area contributed by atoms with Gasteiger partial charge in [-0.15, -0.1) is 23.1 Å². The number of aromatic nitrogens is 1. The highest BCUT2D eigenvalue weighted by Crippen LogP contribution is 2.31. The highest BCUT2D eigenvalue weighted by Gasteiger charge is 2.21. The molecule has 12 nitrogen and oxygen atoms in total. The van der Waals surface area contributed by atoms with Crippen molar-refractivity contribution in [3.63, 3.8) is 0 Å². The first kappa shape index (κ1) is 35.3. The van der Waals surface area contributed by atoms with Crippen molar-refractivity contribution in [3.8, 4) is 22.8 Å². The van der Waals surface area contributed by atoms with E-state index in [-0.39, 0.29) is 23.0 Å². The van der Waals surface area contributed by atoms with Crippen molar-refractivity contribution in [2.24, 2.45) is 0 Å². The van der Waals surface area contributed by atoms with Gasteiger partial charge in [-0.25, -0.2) is 4.98 Å². The summed E-state index contributed by atoms with van der Waals surface area (Å²) in [6.07, 6.45) is 1.94. The number of hydrogen-bond acceptors (Lipinski definition) is 10. The molecule has 0 aliphatic heterocycles. The summed E-state index contributed by atoms with van der Waals surface area (Å²) in [6.45, 7) is 1.88. The molecule has 1 atom stereocenters. The van der Waals surface area contributed by atoms with Gasteiger partial charge in [-0.1, -0.05) is 43.3 Å². The standard InChI is InChI=1S/C36H31N5O7S2/c1-3-32(35(45)40-36-39-30(21-49-36)23-11-7-13-26(17-23)41(46)47)50-28-14-8-12-25(19-28)37-34(44)29(38-33(43)22-9-5-4-6-10-22)18-24-15-16-27(42)20-31(24)48-2/h4-21,32,42H,3H2,1-2H3,(H,37,44)(H,38,43)(H,39,40,45)/b29-18+. The summed E-state index contributed by atoms with van der Waals surface area (Å²) in [5, 5.41) is 31.0. The lowest BCUT2D eigenvalue weighted by molar-refractivity contribution is -0.384. The number of ether oxygens (including phenoxy) is 1. The molecule has 1 aromatic heterocycles. The maximum absolute atomic E-state index is 13.6. The van der Waals surface area contributed by atoms with Crippen LogP contribution in [0, 0.1) is 10.1 Å². The lowest BCUT2D eigenvalue weighted by Crippen LogP contribution is -2.30. The van der Waals surface area contributed by atoms with E-state index in [9.17, 15) is 29.6 Å². The number of benzene rings is 4. The van der Waals surface area contributed by atoms with Crippen molar-refractivity contribution in [1.82, 2.24) is 10.3 Å². The topological polar surface area (TPSA) is 173 Å². The van der Waals surface area contributed by atoms with Crippen LogP contribution in [0.25, 0.3) is 17.3 Å². The van der Waals surface area contributed by atoms with Crippen LogP contribution in [0.5, 0.6) is 11.5 Å². The van der Waals surface area contributed by atoms with Crippen molar-refractivity contribution < 1.29 is 29.2 Å². The number of phenols is 1. The van der Waals surface area contributed by atoms with Crippen molar-refractivity contribution in [3.05, 3.63) is 129 Å². The van der Waals surface area contributed by atoms with Crippen LogP contribution in [0.15, 0.2) is 113 Å². The minimum atomic E-state index is -0.611. The summed E-state index contributed by atoms with van der Waals surface area (Å²) in [6, 6.07) is 25.9. The second kappa shape index (κ2) is 16.4. The summed E-state index contributed by atoms with van der Waals surface area (Å²) in [5.41, 5.74) is 2.18. The fourth-order valence-electron chi connectivity index (χ4n) is 4.68. The van der Waals surface area contributed by atoms with E-state index < -0.39 is 22.0 Å². The lowest BCUT2D eigenvalue weighted by atomic mass is 10.1. The zero-order valence-corrected chi connectivity index (χ0v) is 28.4. The zero-order chi connectivity index (χ0) is 35.6. The normalized spacial score (nSPS) is 11.7. The SMILES string of the molecule is CCC(Sc1cccc(NC(=O)/C(=C\c2ccc(O)cc2OC)NC(=O)c2ccccc2)c1)C(=O)Nc1nc(-c2cccc([N+](=O)[O-])c2)cs1. The Kier molecular flexibility index (Phi) is 11.6. The van der Waals surface area contributed by atoms with Gasteiger partial charge >= 0.3 is 0 Å². The highest BCUT2D eigenvalue weighted by molar-refractivity contribution is 8.00. The first-order chi connectivity index (χ1) is 24.1. The number of carbonyl (C=O) groups excluding carboxylic acids is 3. The minimum absolute atomic E-state index is 0.0245. The summed E-state index contributed by atoms with van der Waals surface area (Å²) < 4.78 is 5.36. The molecule has 0 fully saturated rings. The van der Waals surface area contributed by atoms with E-state index in [1.54, 1.807) is 72.1 Å². The van der Waals surface area contributed by atoms with E-state index >= 15 is 0 Å². The fourth-order valence-corrected chi connectivity index (χ4v) is 6.41. The number of thiazole rings is 1. The molecule has 1 heterocycles. The molecule has 0 aliphatic rings. The van der Waals surface area contributed by atoms with Gasteiger partial charge in [0.25, 0.3) is 17.5 Å². The zero-order valence-electron chi connectivity index (χ0n) is 26.8. The number of aromatic hydroxyl groups is 1. The average Bonchev–Trinajstić information content (AvgIpc) is 3.59. The quantitative estimate of drug-likeness (QED) is 0.0422. The number of nitrogens with one attached hydrogen (secondary N) is 3. The molecule has 0 aliphatic carbocycles. The molecule has 14 heteroatoms. The molecular weight excluding hydrogens is 679 g/mol. The smallest absolute Gasteiger partial charge is 0.272 e. The van der Waals surface area contributed by atoms with Crippen LogP contribution in [-0.4, -0.2) is 45.1 Å². The van der Waals surface area contributed by atoms with Gasteiger partial charge in [-0.2, -0.15) is 0 Å². The van der Waals surface area contributed by atoms with Crippen molar-refractivity contribution in [2.45, 2.75) is 23.5 Å². The van der Waals surface area contributed by atoms with Crippen molar-refractivity contribution >= 4 is 63.4 Å². The van der Waals surface area contributed by atoms with Gasteiger partial charge in [0.2, 0.25) is 5.91 Å². The largest absolute Gasteiger partial charge is 0.508 e. The van der Waals surface area contributed by atoms with E-state index in [0.717, 1.165) is 0 Å². The monoisotopic (exact) mass is 709 g/mol. The molecule has 4 N–H and O–H groups in total. The molecule has 3 amide bonds. The molecule has 0 bridgehead atoms. The number of nitro groups is 1. The number of amides is 3. The number of methoxy groups -OCH3 is 1. The summed E-state index contributed by atoms with van der Waals surface area (Å²) in [4.78, 5) is 55.8. The van der Waals surface area contributed by atoms with Crippen LogP contribution in [0.2, 0.25) is 0 Å². The molecule has 4 aromatic carbocycles. The van der Waals surface area contributed by atoms with Gasteiger partial charge in [-0.05, 0) is 55.0 Å². The Morgan fingerprint density at radius 2 is 1.78 bits per heavy atom. The highest BCUT2D eigenvalue weighted by atomic mass is 32.2. The summed E-state index contributed by atoms with van der Waals surface area (Å²) in [5.74, 6) is -1.11. The number of hydrogen-bond donors (Lipinski definition) is 4. The van der Waals surface area contributed by atoms with Gasteiger partial charge in [-0.3, -0.25) is 24.5 Å². The van der Waals surface area contributed by atoms with Crippen molar-refractivity contribution in [2.75, 3.05) is 17.7 Å². The number of phenolic OH excluding ortho intramolecular Hbond substituents is 1. The van der Waals surface area contributed by atoms with Crippen LogP contribution in [0.4, 0.5) is 16.5 Å². The molecule has 254 valence electrons. The number of anilines is 2. The van der Waals surface area contributed by atoms with E-state index in [1.807, 2.05) is 13.0 Å². The molecule has 5 aromatic rings. The Morgan fingerprint density at radius 1 is 1.00 bits per heavy atom. The maximum Gasteiger partial charge on any atom is 0.272 e. The Labute approximate surface area is 295 Å². The number of non-ortho nitro benzene ring substituents is 1. The molecule has 0 radical (unpaired) electrons. The van der Waals surface area contributed by atoms with Gasteiger partial charge in [0, 0.05) is 50.9 Å². The molecule has 50 heavy (non-hydrogen) atoms. The van der Waals surface area contributed by atoms with E-state index in [4.69, 9.17) is 4.74 Å². The van der Waals surface area contributed by atoms with Crippen molar-refractivity contribution in [1.29, 1.82) is 0 Å². The van der Waals surface area contributed by atoms with Gasteiger partial charge < -0.3 is 25.8 Å². The van der Waals surface area contributed by atoms with Gasteiger partial charge in [0.15, 0.2) is 5.13 Å². The van der Waals surface area contributed by atoms with Crippen LogP contribution >= 0.6 is 23.1 Å². The average molecular weight is 710 g/mol. The van der Waals surface area contributed by atoms with E-state index in [1.165, 1.54) is 60.5 Å². The number of nitro benzene ring substituents is 1. The summed E-state index contributed by atoms with van der Waals surface area (Å²) in [7, 11) is 1.43. The Hall–Kier alpha value is -5.99. The third-order valence-electron chi connectivity index (χ3n) is 7.17. The molecule has 0 spiro atoms. The molecule has 5 rings (SSSR count). The molecule has 1 unspecified atom stereocenters. The number of nitrogens with zero attached hydrogens (tertiary/aromatic N) is 2. The first-order valence-electron chi connectivity index (χ1n) is 15.2. The maximum atomic E-state index is 13.6. The Balaban J connectivity index is 1.30. The predicted octanol–water partition coefficient (Wildman–Crippen LogP) is 7.35. The van der Waals surface area contributed by atoms with E-state index in [2.05, 4.69) is 20.9 Å². The first-order valence-corrected chi connectivity index (χ1v) is 16.9. The minimum Gasteiger partial charge on any atom is -0.508 e. The second-order valence-corrected chi connectivity index (χ2v) is 12.8. The molecule has 0 saturated carbocycles. The van der Waals surface area contributed by atoms with Crippen LogP contribution in [-0.2, 0) is 9.59 Å². The molecular formula is C36H31N5O7S2. The fraction of sp³-hybridized carbons (Fsp3) is 0.111. The number of carbonyl (C=O) groups is 3. The third kappa shape index (κ3) is 9.12. The van der Waals surface area contributed by atoms with Crippen LogP contribution in [0.1, 0.15) is 29.3 Å². The van der Waals surface area contributed by atoms with Crippen LogP contribution < -0.4 is 20.7 Å². The van der Waals surface area contributed by atoms with Crippen LogP contribution in [0.3, 0.4) is 0 Å². The van der Waals surface area contributed by atoms with Gasteiger partial charge in [0.05, 0.1) is 23.0 Å². The number of thioether (sulfide) groups is 1. The molecule has 0 saturated heterocycles. The van der Waals surface area contributed by atoms with Gasteiger partial charge in [0.1, 0.15) is 17.2 Å². The Morgan fingerprint density at radius 3 is 2.52 bits per heavy atom. The number of rotatable bonds is 13. The predicted molar refractivity (Wildman–Crippen MR) is 194 cm³/mol.